The Morgan fingerprint density at radius 1 is 1.08 bits per heavy atom. The van der Waals surface area contributed by atoms with E-state index in [-0.39, 0.29) is 23.2 Å². The number of carbonyl (C=O) groups excluding carboxylic acids is 1. The number of carbonyl (C=O) groups is 1. The lowest BCUT2D eigenvalue weighted by Crippen LogP contribution is -2.35. The van der Waals surface area contributed by atoms with Crippen LogP contribution < -0.4 is 5.32 Å². The van der Waals surface area contributed by atoms with Gasteiger partial charge in [0.1, 0.15) is 10.0 Å². The minimum absolute atomic E-state index is 0. The zero-order valence-corrected chi connectivity index (χ0v) is 24.3. The molecule has 5 rings (SSSR count). The van der Waals surface area contributed by atoms with Gasteiger partial charge in [0.05, 0.1) is 15.1 Å². The average molecular weight is 577 g/mol. The molecule has 1 aliphatic heterocycles. The number of benzene rings is 2. The Kier molecular flexibility index (Phi) is 8.08. The van der Waals surface area contributed by atoms with Crippen molar-refractivity contribution in [3.8, 4) is 10.6 Å². The second-order valence-corrected chi connectivity index (χ2v) is 13.6. The van der Waals surface area contributed by atoms with Gasteiger partial charge in [-0.05, 0) is 62.2 Å². The van der Waals surface area contributed by atoms with E-state index in [2.05, 4.69) is 30.1 Å². The maximum atomic E-state index is 13.3. The first-order valence-corrected chi connectivity index (χ1v) is 14.8. The van der Waals surface area contributed by atoms with Crippen LogP contribution in [0.3, 0.4) is 0 Å². The highest BCUT2D eigenvalue weighted by molar-refractivity contribution is 7.89. The topological polar surface area (TPSA) is 82.6 Å². The standard InChI is InChI=1S/C26H28N4O3S3.ClH/c1-16(2)30-14-13-19-22(15-30)35-26(23(19)25-27-20-7-5-6-8-21(20)34-25)28-24(31)17-9-11-18(12-10-17)36(32,33)29(3)4;/h5-12,16H,13-15H2,1-4H3,(H,28,31);1H. The molecule has 4 aromatic rings. The smallest absolute Gasteiger partial charge is 0.256 e. The van der Waals surface area contributed by atoms with Crippen LogP contribution in [0.25, 0.3) is 20.8 Å². The number of nitrogens with zero attached hydrogens (tertiary/aromatic N) is 3. The quantitative estimate of drug-likeness (QED) is 0.318. The number of thiophene rings is 1. The summed E-state index contributed by atoms with van der Waals surface area (Å²) in [6.45, 7) is 6.23. The van der Waals surface area contributed by atoms with Crippen LogP contribution in [0.15, 0.2) is 53.4 Å². The molecule has 0 aliphatic carbocycles. The van der Waals surface area contributed by atoms with Gasteiger partial charge in [0.15, 0.2) is 0 Å². The van der Waals surface area contributed by atoms with Crippen molar-refractivity contribution in [1.29, 1.82) is 0 Å². The molecule has 0 saturated heterocycles. The number of nitrogens with one attached hydrogen (secondary N) is 1. The highest BCUT2D eigenvalue weighted by Crippen LogP contribution is 2.46. The number of para-hydroxylation sites is 1. The van der Waals surface area contributed by atoms with Crippen LogP contribution in [0.4, 0.5) is 5.00 Å². The van der Waals surface area contributed by atoms with Crippen molar-refractivity contribution in [1.82, 2.24) is 14.2 Å². The molecule has 0 saturated carbocycles. The Balaban J connectivity index is 0.00000320. The second-order valence-electron chi connectivity index (χ2n) is 9.27. The lowest BCUT2D eigenvalue weighted by atomic mass is 10.0. The van der Waals surface area contributed by atoms with Crippen molar-refractivity contribution < 1.29 is 13.2 Å². The predicted octanol–water partition coefficient (Wildman–Crippen LogP) is 5.72. The van der Waals surface area contributed by atoms with E-state index in [1.54, 1.807) is 34.8 Å². The molecule has 1 N–H and O–H groups in total. The Bertz CT molecular complexity index is 1510. The first kappa shape index (κ1) is 27.7. The summed E-state index contributed by atoms with van der Waals surface area (Å²) in [7, 11) is -0.587. The monoisotopic (exact) mass is 576 g/mol. The Hall–Kier alpha value is -2.34. The van der Waals surface area contributed by atoms with Gasteiger partial charge in [-0.25, -0.2) is 17.7 Å². The zero-order valence-electron chi connectivity index (χ0n) is 21.0. The van der Waals surface area contributed by atoms with Gasteiger partial charge in [-0.3, -0.25) is 9.69 Å². The molecular formula is C26H29ClN4O3S3. The van der Waals surface area contributed by atoms with Crippen molar-refractivity contribution in [2.24, 2.45) is 0 Å². The summed E-state index contributed by atoms with van der Waals surface area (Å²) in [5.41, 5.74) is 3.63. The van der Waals surface area contributed by atoms with E-state index >= 15 is 0 Å². The molecule has 0 fully saturated rings. The third kappa shape index (κ3) is 5.32. The van der Waals surface area contributed by atoms with E-state index in [0.717, 1.165) is 49.6 Å². The van der Waals surface area contributed by atoms with Crippen LogP contribution in [0.5, 0.6) is 0 Å². The highest BCUT2D eigenvalue weighted by atomic mass is 35.5. The molecule has 11 heteroatoms. The van der Waals surface area contributed by atoms with Crippen molar-refractivity contribution in [2.45, 2.75) is 37.8 Å². The molecule has 0 radical (unpaired) electrons. The zero-order chi connectivity index (χ0) is 25.6. The van der Waals surface area contributed by atoms with Crippen molar-refractivity contribution >= 4 is 66.2 Å². The summed E-state index contributed by atoms with van der Waals surface area (Å²) in [4.78, 5) is 22.0. The number of anilines is 1. The summed E-state index contributed by atoms with van der Waals surface area (Å²) >= 11 is 3.25. The number of thiazole rings is 1. The molecule has 0 unspecified atom stereocenters. The molecule has 2 aromatic carbocycles. The van der Waals surface area contributed by atoms with Crippen LogP contribution in [-0.2, 0) is 23.0 Å². The minimum Gasteiger partial charge on any atom is -0.313 e. The number of rotatable bonds is 6. The van der Waals surface area contributed by atoms with Crippen LogP contribution in [0.2, 0.25) is 0 Å². The van der Waals surface area contributed by atoms with Crippen LogP contribution in [-0.4, -0.2) is 55.2 Å². The number of sulfonamides is 1. The average Bonchev–Trinajstić information content (AvgIpc) is 3.43. The Morgan fingerprint density at radius 3 is 2.43 bits per heavy atom. The van der Waals surface area contributed by atoms with Gasteiger partial charge in [0, 0.05) is 49.2 Å². The second kappa shape index (κ2) is 10.8. The maximum Gasteiger partial charge on any atom is 0.256 e. The first-order valence-electron chi connectivity index (χ1n) is 11.7. The molecule has 1 aliphatic rings. The fraction of sp³-hybridized carbons (Fsp3) is 0.308. The van der Waals surface area contributed by atoms with Gasteiger partial charge in [-0.1, -0.05) is 12.1 Å². The first-order chi connectivity index (χ1) is 17.1. The van der Waals surface area contributed by atoms with E-state index in [9.17, 15) is 13.2 Å². The van der Waals surface area contributed by atoms with Crippen LogP contribution in [0, 0.1) is 0 Å². The van der Waals surface area contributed by atoms with Gasteiger partial charge >= 0.3 is 0 Å². The molecule has 0 atom stereocenters. The van der Waals surface area contributed by atoms with Gasteiger partial charge < -0.3 is 5.32 Å². The van der Waals surface area contributed by atoms with Crippen LogP contribution >= 0.6 is 35.1 Å². The molecule has 0 spiro atoms. The fourth-order valence-electron chi connectivity index (χ4n) is 4.32. The molecule has 37 heavy (non-hydrogen) atoms. The largest absolute Gasteiger partial charge is 0.313 e. The molecule has 7 nitrogen and oxygen atoms in total. The third-order valence-electron chi connectivity index (χ3n) is 6.45. The van der Waals surface area contributed by atoms with E-state index in [0.29, 0.717) is 11.6 Å². The number of halogens is 1. The van der Waals surface area contributed by atoms with Gasteiger partial charge in [-0.15, -0.1) is 35.1 Å². The number of hydrogen-bond acceptors (Lipinski definition) is 7. The lowest BCUT2D eigenvalue weighted by Gasteiger charge is -2.30. The van der Waals surface area contributed by atoms with Gasteiger partial charge in [0.25, 0.3) is 5.91 Å². The van der Waals surface area contributed by atoms with E-state index in [4.69, 9.17) is 4.98 Å². The van der Waals surface area contributed by atoms with E-state index < -0.39 is 10.0 Å². The Morgan fingerprint density at radius 2 is 1.78 bits per heavy atom. The SMILES string of the molecule is CC(C)N1CCc2c(sc(NC(=O)c3ccc(S(=O)(=O)N(C)C)cc3)c2-c2nc3ccccc3s2)C1.Cl. The summed E-state index contributed by atoms with van der Waals surface area (Å²) in [5.74, 6) is -0.273. The summed E-state index contributed by atoms with van der Waals surface area (Å²) < 4.78 is 27.0. The maximum absolute atomic E-state index is 13.3. The minimum atomic E-state index is -3.56. The number of amides is 1. The number of hydrogen-bond donors (Lipinski definition) is 1. The fourth-order valence-corrected chi connectivity index (χ4v) is 7.60. The van der Waals surface area contributed by atoms with Crippen molar-refractivity contribution in [3.05, 3.63) is 64.5 Å². The molecule has 3 heterocycles. The summed E-state index contributed by atoms with van der Waals surface area (Å²) in [6, 6.07) is 14.6. The molecular weight excluding hydrogens is 548 g/mol. The van der Waals surface area contributed by atoms with Crippen molar-refractivity contribution in [2.75, 3.05) is 26.0 Å². The van der Waals surface area contributed by atoms with Crippen LogP contribution in [0.1, 0.15) is 34.6 Å². The summed E-state index contributed by atoms with van der Waals surface area (Å²) in [5, 5.41) is 4.82. The lowest BCUT2D eigenvalue weighted by molar-refractivity contribution is 0.102. The number of fused-ring (bicyclic) bond motifs is 2. The summed E-state index contributed by atoms with van der Waals surface area (Å²) in [6.07, 6.45) is 0.905. The molecule has 196 valence electrons. The van der Waals surface area contributed by atoms with Gasteiger partial charge in [-0.2, -0.15) is 0 Å². The van der Waals surface area contributed by atoms with Crippen molar-refractivity contribution in [3.63, 3.8) is 0 Å². The molecule has 1 amide bonds. The number of aromatic nitrogens is 1. The molecule has 2 aromatic heterocycles. The predicted molar refractivity (Wildman–Crippen MR) is 155 cm³/mol. The van der Waals surface area contributed by atoms with E-state index in [1.807, 2.05) is 18.2 Å². The van der Waals surface area contributed by atoms with E-state index in [1.165, 1.54) is 36.7 Å². The van der Waals surface area contributed by atoms with Gasteiger partial charge in [0.2, 0.25) is 10.0 Å². The normalized spacial score (nSPS) is 14.1. The third-order valence-corrected chi connectivity index (χ3v) is 10.5. The molecule has 0 bridgehead atoms. The Labute approximate surface area is 231 Å². The highest BCUT2D eigenvalue weighted by Gasteiger charge is 2.29.